The second-order valence-corrected chi connectivity index (χ2v) is 3.29. The third-order valence-corrected chi connectivity index (χ3v) is 2.07. The Morgan fingerprint density at radius 2 is 2.19 bits per heavy atom. The lowest BCUT2D eigenvalue weighted by molar-refractivity contribution is -0.132. The minimum absolute atomic E-state index is 0.305. The molecule has 3 nitrogen and oxygen atoms in total. The van der Waals surface area contributed by atoms with E-state index in [0.29, 0.717) is 5.57 Å². The number of benzene rings is 1. The molecule has 1 rings (SSSR count). The van der Waals surface area contributed by atoms with Crippen LogP contribution in [0, 0.1) is 0 Å². The van der Waals surface area contributed by atoms with E-state index in [1.807, 2.05) is 30.3 Å². The van der Waals surface area contributed by atoms with Crippen molar-refractivity contribution in [2.75, 3.05) is 7.11 Å². The van der Waals surface area contributed by atoms with Gasteiger partial charge < -0.3 is 9.84 Å². The summed E-state index contributed by atoms with van der Waals surface area (Å²) in [5.41, 5.74) is 1.27. The Bertz CT molecular complexity index is 431. The zero-order valence-electron chi connectivity index (χ0n) is 9.31. The summed E-state index contributed by atoms with van der Waals surface area (Å²) in [5.74, 6) is -0.128. The Morgan fingerprint density at radius 3 is 2.81 bits per heavy atom. The maximum Gasteiger partial charge on any atom is 0.331 e. The molecule has 1 aromatic carbocycles. The van der Waals surface area contributed by atoms with E-state index in [9.17, 15) is 4.79 Å². The molecule has 0 aliphatic heterocycles. The highest BCUT2D eigenvalue weighted by molar-refractivity contribution is 5.86. The number of methoxy groups -OCH3 is 1. The van der Waals surface area contributed by atoms with Crippen LogP contribution >= 0.6 is 0 Å². The molecule has 3 heteroatoms. The number of carboxylic acids is 1. The quantitative estimate of drug-likeness (QED) is 0.624. The predicted molar refractivity (Wildman–Crippen MR) is 63.4 cm³/mol. The Balaban J connectivity index is 2.76. The van der Waals surface area contributed by atoms with E-state index in [-0.39, 0.29) is 0 Å². The van der Waals surface area contributed by atoms with E-state index in [1.165, 1.54) is 0 Å². The highest BCUT2D eigenvalue weighted by Crippen LogP contribution is 2.13. The molecule has 0 spiro atoms. The average Bonchev–Trinajstić information content (AvgIpc) is 2.29. The molecular weight excluding hydrogens is 204 g/mol. The van der Waals surface area contributed by atoms with Crippen LogP contribution in [0.3, 0.4) is 0 Å². The number of hydrogen-bond acceptors (Lipinski definition) is 2. The highest BCUT2D eigenvalue weighted by Gasteiger charge is 1.96. The van der Waals surface area contributed by atoms with E-state index >= 15 is 0 Å². The Morgan fingerprint density at radius 1 is 1.44 bits per heavy atom. The van der Waals surface area contributed by atoms with Gasteiger partial charge in [-0.25, -0.2) is 4.79 Å². The topological polar surface area (TPSA) is 46.5 Å². The van der Waals surface area contributed by atoms with Crippen LogP contribution in [0.25, 0.3) is 6.08 Å². The van der Waals surface area contributed by atoms with Crippen molar-refractivity contribution in [3.8, 4) is 5.75 Å². The van der Waals surface area contributed by atoms with Crippen molar-refractivity contribution in [3.05, 3.63) is 47.6 Å². The van der Waals surface area contributed by atoms with E-state index in [2.05, 4.69) is 0 Å². The molecule has 16 heavy (non-hydrogen) atoms. The molecule has 0 saturated carbocycles. The van der Waals surface area contributed by atoms with Gasteiger partial charge >= 0.3 is 5.97 Å². The standard InChI is InChI=1S/C13H14O3/c1-10(13(14)15)5-3-6-11-7-4-8-12(9-11)16-2/h3-9H,1-2H3,(H,14,15)/b6-3+,10-5+. The predicted octanol–water partition coefficient (Wildman–Crippen LogP) is 2.74. The lowest BCUT2D eigenvalue weighted by Gasteiger charge is -1.99. The van der Waals surface area contributed by atoms with Crippen LogP contribution in [0.15, 0.2) is 42.0 Å². The van der Waals surface area contributed by atoms with Crippen LogP contribution in [-0.2, 0) is 4.79 Å². The van der Waals surface area contributed by atoms with Gasteiger partial charge in [-0.1, -0.05) is 30.4 Å². The van der Waals surface area contributed by atoms with Gasteiger partial charge in [0.1, 0.15) is 5.75 Å². The highest BCUT2D eigenvalue weighted by atomic mass is 16.5. The molecular formula is C13H14O3. The van der Waals surface area contributed by atoms with Crippen LogP contribution in [0.5, 0.6) is 5.75 Å². The summed E-state index contributed by atoms with van der Waals surface area (Å²) in [6.45, 7) is 1.55. The fourth-order valence-corrected chi connectivity index (χ4v) is 1.12. The van der Waals surface area contributed by atoms with Gasteiger partial charge in [0.25, 0.3) is 0 Å². The fourth-order valence-electron chi connectivity index (χ4n) is 1.12. The molecule has 0 fully saturated rings. The third-order valence-electron chi connectivity index (χ3n) is 2.07. The Kier molecular flexibility index (Phi) is 4.33. The van der Waals surface area contributed by atoms with Gasteiger partial charge in [0.05, 0.1) is 7.11 Å². The molecule has 0 unspecified atom stereocenters. The zero-order valence-corrected chi connectivity index (χ0v) is 9.31. The van der Waals surface area contributed by atoms with Crippen LogP contribution in [0.4, 0.5) is 0 Å². The van der Waals surface area contributed by atoms with Crippen molar-refractivity contribution in [2.45, 2.75) is 6.92 Å². The lowest BCUT2D eigenvalue weighted by atomic mass is 10.2. The summed E-state index contributed by atoms with van der Waals surface area (Å²) in [5, 5.41) is 8.64. The molecule has 1 aromatic rings. The van der Waals surface area contributed by atoms with Crippen LogP contribution in [-0.4, -0.2) is 18.2 Å². The number of carboxylic acid groups (broad SMARTS) is 1. The Labute approximate surface area is 94.7 Å². The molecule has 0 aliphatic rings. The van der Waals surface area contributed by atoms with Gasteiger partial charge in [-0.2, -0.15) is 0 Å². The van der Waals surface area contributed by atoms with Gasteiger partial charge in [-0.05, 0) is 24.6 Å². The SMILES string of the molecule is COc1cccc(/C=C/C=C(\C)C(=O)O)c1. The minimum Gasteiger partial charge on any atom is -0.497 e. The molecule has 0 heterocycles. The second kappa shape index (κ2) is 5.75. The summed E-state index contributed by atoms with van der Waals surface area (Å²) < 4.78 is 5.08. The number of ether oxygens (including phenoxy) is 1. The first kappa shape index (κ1) is 12.0. The number of hydrogen-bond donors (Lipinski definition) is 1. The number of rotatable bonds is 4. The van der Waals surface area contributed by atoms with Crippen molar-refractivity contribution < 1.29 is 14.6 Å². The lowest BCUT2D eigenvalue weighted by Crippen LogP contribution is -1.94. The van der Waals surface area contributed by atoms with E-state index < -0.39 is 5.97 Å². The zero-order chi connectivity index (χ0) is 12.0. The molecule has 1 N–H and O–H groups in total. The van der Waals surface area contributed by atoms with E-state index in [4.69, 9.17) is 9.84 Å². The summed E-state index contributed by atoms with van der Waals surface area (Å²) >= 11 is 0. The van der Waals surface area contributed by atoms with Gasteiger partial charge in [0.15, 0.2) is 0 Å². The van der Waals surface area contributed by atoms with Crippen molar-refractivity contribution in [1.29, 1.82) is 0 Å². The van der Waals surface area contributed by atoms with Crippen LogP contribution < -0.4 is 4.74 Å². The van der Waals surface area contributed by atoms with Crippen molar-refractivity contribution in [1.82, 2.24) is 0 Å². The molecule has 0 saturated heterocycles. The van der Waals surface area contributed by atoms with Crippen LogP contribution in [0.2, 0.25) is 0 Å². The normalized spacial score (nSPS) is 11.8. The largest absolute Gasteiger partial charge is 0.497 e. The fraction of sp³-hybridized carbons (Fsp3) is 0.154. The van der Waals surface area contributed by atoms with Gasteiger partial charge in [-0.15, -0.1) is 0 Å². The van der Waals surface area contributed by atoms with E-state index in [1.54, 1.807) is 26.2 Å². The maximum atomic E-state index is 10.5. The molecule has 0 aromatic heterocycles. The van der Waals surface area contributed by atoms with Crippen molar-refractivity contribution >= 4 is 12.0 Å². The van der Waals surface area contributed by atoms with Gasteiger partial charge in [0, 0.05) is 5.57 Å². The third kappa shape index (κ3) is 3.61. The monoisotopic (exact) mass is 218 g/mol. The Hall–Kier alpha value is -2.03. The van der Waals surface area contributed by atoms with Crippen molar-refractivity contribution in [3.63, 3.8) is 0 Å². The second-order valence-electron chi connectivity index (χ2n) is 3.29. The molecule has 84 valence electrons. The van der Waals surface area contributed by atoms with Crippen molar-refractivity contribution in [2.24, 2.45) is 0 Å². The molecule has 0 bridgehead atoms. The first-order valence-corrected chi connectivity index (χ1v) is 4.86. The number of aliphatic carboxylic acids is 1. The van der Waals surface area contributed by atoms with Crippen LogP contribution in [0.1, 0.15) is 12.5 Å². The molecule has 0 amide bonds. The summed E-state index contributed by atoms with van der Waals surface area (Å²) in [7, 11) is 1.61. The summed E-state index contributed by atoms with van der Waals surface area (Å²) in [6, 6.07) is 7.53. The molecule has 0 aliphatic carbocycles. The number of allylic oxidation sites excluding steroid dienone is 2. The number of carbonyl (C=O) groups is 1. The molecule has 0 radical (unpaired) electrons. The summed E-state index contributed by atoms with van der Waals surface area (Å²) in [4.78, 5) is 10.5. The average molecular weight is 218 g/mol. The first-order valence-electron chi connectivity index (χ1n) is 4.86. The molecule has 0 atom stereocenters. The smallest absolute Gasteiger partial charge is 0.331 e. The van der Waals surface area contributed by atoms with E-state index in [0.717, 1.165) is 11.3 Å². The van der Waals surface area contributed by atoms with Gasteiger partial charge in [0.2, 0.25) is 0 Å². The maximum absolute atomic E-state index is 10.5. The van der Waals surface area contributed by atoms with Gasteiger partial charge in [-0.3, -0.25) is 0 Å². The minimum atomic E-state index is -0.907. The first-order chi connectivity index (χ1) is 7.63. The summed E-state index contributed by atoms with van der Waals surface area (Å²) in [6.07, 6.45) is 5.09.